The number of urea groups is 1. The molecule has 0 aliphatic heterocycles. The average Bonchev–Trinajstić information content (AvgIpc) is 3.08. The van der Waals surface area contributed by atoms with Gasteiger partial charge in [0.15, 0.2) is 0 Å². The maximum atomic E-state index is 14.5. The van der Waals surface area contributed by atoms with Crippen molar-refractivity contribution in [2.45, 2.75) is 60.0 Å². The first-order chi connectivity index (χ1) is 15.4. The predicted molar refractivity (Wildman–Crippen MR) is 125 cm³/mol. The van der Waals surface area contributed by atoms with Gasteiger partial charge in [0, 0.05) is 32.2 Å². The van der Waals surface area contributed by atoms with E-state index in [2.05, 4.69) is 16.5 Å². The van der Waals surface area contributed by atoms with E-state index >= 15 is 0 Å². The topological polar surface area (TPSA) is 41.4 Å². The summed E-state index contributed by atoms with van der Waals surface area (Å²) < 4.78 is 30.5. The number of aromatic nitrogens is 2. The summed E-state index contributed by atoms with van der Waals surface area (Å²) in [4.78, 5) is 21.2. The minimum absolute atomic E-state index is 0.0256. The quantitative estimate of drug-likeness (QED) is 0.391. The molecule has 3 aromatic rings. The molecule has 0 spiro atoms. The minimum atomic E-state index is -0.608. The van der Waals surface area contributed by atoms with Crippen LogP contribution in [0, 0.1) is 18.6 Å². The van der Waals surface area contributed by atoms with Crippen molar-refractivity contribution in [3.8, 4) is 0 Å². The van der Waals surface area contributed by atoms with Gasteiger partial charge in [-0.25, -0.2) is 18.6 Å². The van der Waals surface area contributed by atoms with Crippen molar-refractivity contribution in [2.75, 3.05) is 18.0 Å². The highest BCUT2D eigenvalue weighted by atomic mass is 19.1. The van der Waals surface area contributed by atoms with Gasteiger partial charge in [-0.1, -0.05) is 26.8 Å². The van der Waals surface area contributed by atoms with Crippen LogP contribution in [0.1, 0.15) is 51.4 Å². The molecule has 0 saturated carbocycles. The summed E-state index contributed by atoms with van der Waals surface area (Å²) >= 11 is 0. The van der Waals surface area contributed by atoms with Crippen molar-refractivity contribution < 1.29 is 13.6 Å². The first kappa shape index (κ1) is 23.7. The summed E-state index contributed by atoms with van der Waals surface area (Å²) in [5, 5.41) is 0. The Bertz CT molecular complexity index is 1080. The monoisotopic (exact) mass is 442 g/mol. The number of rotatable bonds is 9. The molecule has 32 heavy (non-hydrogen) atoms. The third kappa shape index (κ3) is 5.09. The molecule has 0 atom stereocenters. The van der Waals surface area contributed by atoms with Gasteiger partial charge in [0.25, 0.3) is 0 Å². The first-order valence-electron chi connectivity index (χ1n) is 11.4. The van der Waals surface area contributed by atoms with E-state index in [1.54, 1.807) is 4.90 Å². The lowest BCUT2D eigenvalue weighted by Gasteiger charge is -2.31. The Hall–Kier alpha value is -2.96. The number of hydrogen-bond acceptors (Lipinski definition) is 2. The van der Waals surface area contributed by atoms with Crippen molar-refractivity contribution in [3.63, 3.8) is 0 Å². The first-order valence-corrected chi connectivity index (χ1v) is 11.4. The number of fused-ring (bicyclic) bond motifs is 1. The maximum Gasteiger partial charge on any atom is 0.324 e. The minimum Gasteiger partial charge on any atom is -0.328 e. The lowest BCUT2D eigenvalue weighted by molar-refractivity contribution is 0.201. The lowest BCUT2D eigenvalue weighted by atomic mass is 10.1. The number of amides is 2. The Morgan fingerprint density at radius 2 is 1.75 bits per heavy atom. The number of carbonyl (C=O) groups is 1. The number of imidazole rings is 1. The van der Waals surface area contributed by atoms with Gasteiger partial charge in [0.2, 0.25) is 0 Å². The molecule has 0 saturated heterocycles. The number of halogens is 2. The number of anilines is 1. The highest BCUT2D eigenvalue weighted by molar-refractivity contribution is 5.92. The molecule has 2 amide bonds. The van der Waals surface area contributed by atoms with E-state index in [0.29, 0.717) is 26.1 Å². The van der Waals surface area contributed by atoms with E-state index in [-0.39, 0.29) is 11.7 Å². The van der Waals surface area contributed by atoms with Crippen LogP contribution in [0.15, 0.2) is 36.4 Å². The Morgan fingerprint density at radius 1 is 1.00 bits per heavy atom. The van der Waals surface area contributed by atoms with Crippen molar-refractivity contribution in [2.24, 2.45) is 0 Å². The second kappa shape index (κ2) is 10.6. The van der Waals surface area contributed by atoms with Crippen LogP contribution in [0.4, 0.5) is 19.3 Å². The van der Waals surface area contributed by atoms with Gasteiger partial charge >= 0.3 is 6.03 Å². The van der Waals surface area contributed by atoms with Crippen LogP contribution in [-0.4, -0.2) is 33.6 Å². The number of nitrogens with zero attached hydrogens (tertiary/aromatic N) is 4. The summed E-state index contributed by atoms with van der Waals surface area (Å²) in [5.41, 5.74) is 2.91. The third-order valence-electron chi connectivity index (χ3n) is 5.47. The van der Waals surface area contributed by atoms with E-state index < -0.39 is 11.6 Å². The zero-order chi connectivity index (χ0) is 23.3. The van der Waals surface area contributed by atoms with Crippen molar-refractivity contribution >= 4 is 22.8 Å². The summed E-state index contributed by atoms with van der Waals surface area (Å²) in [6.45, 7) is 10.1. The van der Waals surface area contributed by atoms with Crippen LogP contribution in [0.3, 0.4) is 0 Å². The molecule has 2 aromatic carbocycles. The molecule has 0 N–H and O–H groups in total. The Labute approximate surface area is 188 Å². The number of benzene rings is 2. The molecule has 0 aliphatic rings. The van der Waals surface area contributed by atoms with Crippen LogP contribution >= 0.6 is 0 Å². The molecule has 3 rings (SSSR count). The molecule has 5 nitrogen and oxygen atoms in total. The SMILES string of the molecule is CCCN(Cc1ccc2c(c1)nc(C)n2CCC)C(=O)N(CCC)c1cc(F)ccc1F. The van der Waals surface area contributed by atoms with Gasteiger partial charge in [-0.3, -0.25) is 4.90 Å². The molecule has 0 unspecified atom stereocenters. The fraction of sp³-hybridized carbons (Fsp3) is 0.440. The number of hydrogen-bond donors (Lipinski definition) is 0. The Balaban J connectivity index is 1.90. The van der Waals surface area contributed by atoms with Crippen molar-refractivity contribution in [1.29, 1.82) is 0 Å². The zero-order valence-electron chi connectivity index (χ0n) is 19.4. The Morgan fingerprint density at radius 3 is 2.44 bits per heavy atom. The van der Waals surface area contributed by atoms with Crippen LogP contribution in [0.25, 0.3) is 11.0 Å². The molecule has 7 heteroatoms. The van der Waals surface area contributed by atoms with Gasteiger partial charge in [0.05, 0.1) is 16.7 Å². The number of carbonyl (C=O) groups excluding carboxylic acids is 1. The van der Waals surface area contributed by atoms with Crippen LogP contribution in [-0.2, 0) is 13.1 Å². The fourth-order valence-electron chi connectivity index (χ4n) is 4.04. The van der Waals surface area contributed by atoms with Crippen molar-refractivity contribution in [3.05, 3.63) is 59.4 Å². The summed E-state index contributed by atoms with van der Waals surface area (Å²) in [6, 6.07) is 8.95. The van der Waals surface area contributed by atoms with Gasteiger partial charge in [0.1, 0.15) is 17.5 Å². The highest BCUT2D eigenvalue weighted by Gasteiger charge is 2.24. The largest absolute Gasteiger partial charge is 0.328 e. The van der Waals surface area contributed by atoms with Gasteiger partial charge in [-0.2, -0.15) is 0 Å². The second-order valence-corrected chi connectivity index (χ2v) is 8.09. The lowest BCUT2D eigenvalue weighted by Crippen LogP contribution is -2.44. The standard InChI is InChI=1S/C25H32F2N4O/c1-5-12-29(25(32)31(14-7-3)24-16-20(26)9-10-21(24)27)17-19-8-11-23-22(15-19)28-18(4)30(23)13-6-2/h8-11,15-16H,5-7,12-14,17H2,1-4H3. The molecule has 172 valence electrons. The van der Waals surface area contributed by atoms with Crippen LogP contribution in [0.5, 0.6) is 0 Å². The molecule has 0 radical (unpaired) electrons. The highest BCUT2D eigenvalue weighted by Crippen LogP contribution is 2.24. The predicted octanol–water partition coefficient (Wildman–Crippen LogP) is 6.28. The molecule has 1 heterocycles. The average molecular weight is 443 g/mol. The third-order valence-corrected chi connectivity index (χ3v) is 5.47. The smallest absolute Gasteiger partial charge is 0.324 e. The summed E-state index contributed by atoms with van der Waals surface area (Å²) in [5.74, 6) is -0.208. The van der Waals surface area contributed by atoms with Gasteiger partial charge in [-0.05, 0) is 56.0 Å². The van der Waals surface area contributed by atoms with E-state index in [0.717, 1.165) is 60.0 Å². The molecule has 1 aromatic heterocycles. The van der Waals surface area contributed by atoms with Crippen LogP contribution in [0.2, 0.25) is 0 Å². The van der Waals surface area contributed by atoms with E-state index in [4.69, 9.17) is 0 Å². The normalized spacial score (nSPS) is 11.2. The fourth-order valence-corrected chi connectivity index (χ4v) is 4.04. The van der Waals surface area contributed by atoms with E-state index in [9.17, 15) is 13.6 Å². The molecule has 0 fully saturated rings. The number of aryl methyl sites for hydroxylation is 2. The maximum absolute atomic E-state index is 14.5. The summed E-state index contributed by atoms with van der Waals surface area (Å²) in [7, 11) is 0. The van der Waals surface area contributed by atoms with Crippen LogP contribution < -0.4 is 4.90 Å². The molecule has 0 bridgehead atoms. The van der Waals surface area contributed by atoms with Gasteiger partial charge < -0.3 is 9.47 Å². The molecule has 0 aliphatic carbocycles. The van der Waals surface area contributed by atoms with Crippen molar-refractivity contribution in [1.82, 2.24) is 14.5 Å². The summed E-state index contributed by atoms with van der Waals surface area (Å²) in [6.07, 6.45) is 2.41. The second-order valence-electron chi connectivity index (χ2n) is 8.09. The zero-order valence-corrected chi connectivity index (χ0v) is 19.4. The van der Waals surface area contributed by atoms with E-state index in [1.807, 2.05) is 39.0 Å². The molecular weight excluding hydrogens is 410 g/mol. The molecular formula is C25H32F2N4O. The Kier molecular flexibility index (Phi) is 7.83. The van der Waals surface area contributed by atoms with Gasteiger partial charge in [-0.15, -0.1) is 0 Å². The van der Waals surface area contributed by atoms with E-state index in [1.165, 1.54) is 4.90 Å².